The fraction of sp³-hybridized carbons (Fsp3) is 0.423. The number of hydrogen-bond acceptors (Lipinski definition) is 6. The first-order chi connectivity index (χ1) is 17.3. The molecule has 36 heavy (non-hydrogen) atoms. The highest BCUT2D eigenvalue weighted by atomic mass is 16.5. The van der Waals surface area contributed by atoms with E-state index in [1.165, 1.54) is 0 Å². The third-order valence-corrected chi connectivity index (χ3v) is 5.80. The Morgan fingerprint density at radius 3 is 2.61 bits per heavy atom. The fourth-order valence-electron chi connectivity index (χ4n) is 3.79. The molecule has 10 heteroatoms. The van der Waals surface area contributed by atoms with E-state index in [-0.39, 0.29) is 49.3 Å². The molecule has 4 amide bonds. The molecule has 10 nitrogen and oxygen atoms in total. The van der Waals surface area contributed by atoms with Crippen LogP contribution in [0, 0.1) is 5.92 Å². The van der Waals surface area contributed by atoms with Gasteiger partial charge in [-0.1, -0.05) is 26.0 Å². The van der Waals surface area contributed by atoms with Gasteiger partial charge in [-0.05, 0) is 48.6 Å². The first-order valence-electron chi connectivity index (χ1n) is 12.1. The minimum Gasteiger partial charge on any atom is -0.491 e. The largest absolute Gasteiger partial charge is 0.491 e. The molecule has 1 aliphatic rings. The Kier molecular flexibility index (Phi) is 9.79. The molecule has 0 fully saturated rings. The Hall–Kier alpha value is -3.95. The summed E-state index contributed by atoms with van der Waals surface area (Å²) in [6, 6.07) is 8.73. The number of para-hydroxylation sites is 1. The lowest BCUT2D eigenvalue weighted by atomic mass is 10.0. The Labute approximate surface area is 210 Å². The number of benzene rings is 1. The minimum atomic E-state index is -0.954. The number of carbonyl (C=O) groups excluding carboxylic acids is 4. The van der Waals surface area contributed by atoms with Gasteiger partial charge in [-0.25, -0.2) is 0 Å². The second-order valence-corrected chi connectivity index (χ2v) is 8.89. The van der Waals surface area contributed by atoms with E-state index in [2.05, 4.69) is 26.3 Å². The first kappa shape index (κ1) is 26.7. The summed E-state index contributed by atoms with van der Waals surface area (Å²) in [7, 11) is 0. The van der Waals surface area contributed by atoms with Gasteiger partial charge >= 0.3 is 0 Å². The summed E-state index contributed by atoms with van der Waals surface area (Å²) in [6.07, 6.45) is 3.98. The number of hydrogen-bond donors (Lipinski definition) is 4. The number of nitrogens with one attached hydrogen (secondary N) is 4. The van der Waals surface area contributed by atoms with Crippen molar-refractivity contribution in [3.05, 3.63) is 59.9 Å². The van der Waals surface area contributed by atoms with Gasteiger partial charge in [0, 0.05) is 25.4 Å². The van der Waals surface area contributed by atoms with Gasteiger partial charge in [0.2, 0.25) is 17.7 Å². The number of rotatable bonds is 5. The Balaban J connectivity index is 1.76. The SMILES string of the molecule is CC(C)[C@@H]1NC(=O)CC[C@@H](C(=O)NCCc2ccncc2)NC(=O)c2ccccc2OCCNC1=O. The number of pyridine rings is 1. The topological polar surface area (TPSA) is 139 Å². The first-order valence-corrected chi connectivity index (χ1v) is 12.1. The van der Waals surface area contributed by atoms with Crippen LogP contribution in [0.15, 0.2) is 48.8 Å². The van der Waals surface area contributed by atoms with Crippen LogP contribution in [0.3, 0.4) is 0 Å². The molecule has 1 aromatic carbocycles. The monoisotopic (exact) mass is 495 g/mol. The molecule has 192 valence electrons. The van der Waals surface area contributed by atoms with E-state index >= 15 is 0 Å². The maximum atomic E-state index is 13.1. The van der Waals surface area contributed by atoms with Crippen molar-refractivity contribution in [2.45, 2.75) is 45.2 Å². The Morgan fingerprint density at radius 1 is 1.11 bits per heavy atom. The molecule has 0 aliphatic carbocycles. The molecule has 2 heterocycles. The summed E-state index contributed by atoms with van der Waals surface area (Å²) in [6.45, 7) is 4.37. The summed E-state index contributed by atoms with van der Waals surface area (Å²) >= 11 is 0. The van der Waals surface area contributed by atoms with Gasteiger partial charge in [-0.15, -0.1) is 0 Å². The van der Waals surface area contributed by atoms with Crippen LogP contribution in [0.4, 0.5) is 0 Å². The van der Waals surface area contributed by atoms with E-state index in [0.717, 1.165) is 5.56 Å². The summed E-state index contributed by atoms with van der Waals surface area (Å²) in [5, 5.41) is 11.1. The van der Waals surface area contributed by atoms with Crippen molar-refractivity contribution in [2.24, 2.45) is 5.92 Å². The van der Waals surface area contributed by atoms with Crippen LogP contribution in [0.2, 0.25) is 0 Å². The van der Waals surface area contributed by atoms with Crippen LogP contribution in [0.1, 0.15) is 42.6 Å². The lowest BCUT2D eigenvalue weighted by Crippen LogP contribution is -2.51. The maximum absolute atomic E-state index is 13.1. The standard InChI is InChI=1S/C26H33N5O5/c1-17(2)23-26(35)29-15-16-36-21-6-4-3-5-19(21)24(33)30-20(7-8-22(32)31-23)25(34)28-14-11-18-9-12-27-13-10-18/h3-6,9-10,12-13,17,20,23H,7-8,11,14-16H2,1-2H3,(H,28,34)(H,29,35)(H,30,33)(H,31,32)/t20-,23-/m0/s1. The van der Waals surface area contributed by atoms with Crippen LogP contribution in [0.5, 0.6) is 5.75 Å². The number of fused-ring (bicyclic) bond motifs is 1. The van der Waals surface area contributed by atoms with E-state index in [9.17, 15) is 19.2 Å². The molecule has 0 radical (unpaired) electrons. The zero-order chi connectivity index (χ0) is 25.9. The lowest BCUT2D eigenvalue weighted by Gasteiger charge is -2.22. The average molecular weight is 496 g/mol. The lowest BCUT2D eigenvalue weighted by molar-refractivity contribution is -0.130. The van der Waals surface area contributed by atoms with Crippen molar-refractivity contribution < 1.29 is 23.9 Å². The molecule has 0 spiro atoms. The molecule has 0 saturated carbocycles. The summed E-state index contributed by atoms with van der Waals surface area (Å²) in [4.78, 5) is 55.4. The summed E-state index contributed by atoms with van der Waals surface area (Å²) in [5.74, 6) is -1.38. The van der Waals surface area contributed by atoms with Crippen molar-refractivity contribution in [2.75, 3.05) is 19.7 Å². The summed E-state index contributed by atoms with van der Waals surface area (Å²) in [5.41, 5.74) is 1.28. The number of amides is 4. The number of carbonyl (C=O) groups is 4. The van der Waals surface area contributed by atoms with E-state index in [4.69, 9.17) is 4.74 Å². The molecule has 1 aliphatic heterocycles. The van der Waals surface area contributed by atoms with E-state index in [1.54, 1.807) is 36.7 Å². The third kappa shape index (κ3) is 7.79. The second kappa shape index (κ2) is 13.2. The highest BCUT2D eigenvalue weighted by molar-refractivity contribution is 5.99. The van der Waals surface area contributed by atoms with Crippen molar-refractivity contribution >= 4 is 23.6 Å². The fourth-order valence-corrected chi connectivity index (χ4v) is 3.79. The summed E-state index contributed by atoms with van der Waals surface area (Å²) < 4.78 is 5.74. The highest BCUT2D eigenvalue weighted by Crippen LogP contribution is 2.18. The highest BCUT2D eigenvalue weighted by Gasteiger charge is 2.27. The van der Waals surface area contributed by atoms with Crippen LogP contribution >= 0.6 is 0 Å². The average Bonchev–Trinajstić information content (AvgIpc) is 2.87. The van der Waals surface area contributed by atoms with Crippen LogP contribution in [-0.4, -0.2) is 60.4 Å². The molecule has 0 unspecified atom stereocenters. The molecule has 0 saturated heterocycles. The molecule has 2 aromatic rings. The van der Waals surface area contributed by atoms with Crippen LogP contribution < -0.4 is 26.0 Å². The number of nitrogens with zero attached hydrogens (tertiary/aromatic N) is 1. The predicted molar refractivity (Wildman–Crippen MR) is 133 cm³/mol. The van der Waals surface area contributed by atoms with Gasteiger partial charge < -0.3 is 26.0 Å². The van der Waals surface area contributed by atoms with Crippen molar-refractivity contribution in [1.82, 2.24) is 26.3 Å². The van der Waals surface area contributed by atoms with Crippen LogP contribution in [-0.2, 0) is 20.8 Å². The normalized spacial score (nSPS) is 19.5. The molecular weight excluding hydrogens is 462 g/mol. The third-order valence-electron chi connectivity index (χ3n) is 5.80. The van der Waals surface area contributed by atoms with E-state index < -0.39 is 23.9 Å². The smallest absolute Gasteiger partial charge is 0.255 e. The van der Waals surface area contributed by atoms with Crippen LogP contribution in [0.25, 0.3) is 0 Å². The number of ether oxygens (including phenoxy) is 1. The molecule has 1 aromatic heterocycles. The number of aromatic nitrogens is 1. The van der Waals surface area contributed by atoms with E-state index in [0.29, 0.717) is 18.7 Å². The molecule has 3 rings (SSSR count). The van der Waals surface area contributed by atoms with Gasteiger partial charge in [0.25, 0.3) is 5.91 Å². The van der Waals surface area contributed by atoms with Gasteiger partial charge in [-0.2, -0.15) is 0 Å². The van der Waals surface area contributed by atoms with E-state index in [1.807, 2.05) is 26.0 Å². The zero-order valence-corrected chi connectivity index (χ0v) is 20.6. The van der Waals surface area contributed by atoms with Gasteiger partial charge in [0.1, 0.15) is 24.4 Å². The Bertz CT molecular complexity index is 1060. The zero-order valence-electron chi connectivity index (χ0n) is 20.6. The predicted octanol–water partition coefficient (Wildman–Crippen LogP) is 0.969. The molecule has 0 bridgehead atoms. The molecule has 4 N–H and O–H groups in total. The van der Waals surface area contributed by atoms with Gasteiger partial charge in [0.05, 0.1) is 12.1 Å². The Morgan fingerprint density at radius 2 is 1.86 bits per heavy atom. The van der Waals surface area contributed by atoms with Crippen molar-refractivity contribution in [3.8, 4) is 5.75 Å². The molecular formula is C26H33N5O5. The molecule has 2 atom stereocenters. The van der Waals surface area contributed by atoms with Crippen molar-refractivity contribution in [3.63, 3.8) is 0 Å². The maximum Gasteiger partial charge on any atom is 0.255 e. The van der Waals surface area contributed by atoms with Gasteiger partial charge in [0.15, 0.2) is 0 Å². The van der Waals surface area contributed by atoms with Gasteiger partial charge in [-0.3, -0.25) is 24.2 Å². The minimum absolute atomic E-state index is 0.0443. The second-order valence-electron chi connectivity index (χ2n) is 8.89. The quantitative estimate of drug-likeness (QED) is 0.488. The van der Waals surface area contributed by atoms with Crippen molar-refractivity contribution in [1.29, 1.82) is 0 Å².